The monoisotopic (exact) mass is 471 g/mol. The summed E-state index contributed by atoms with van der Waals surface area (Å²) in [5.41, 5.74) is 5.64. The van der Waals surface area contributed by atoms with E-state index in [1.807, 2.05) is 32.0 Å². The van der Waals surface area contributed by atoms with E-state index in [1.54, 1.807) is 60.1 Å². The van der Waals surface area contributed by atoms with Gasteiger partial charge in [-0.3, -0.25) is 4.79 Å². The third-order valence-electron chi connectivity index (χ3n) is 5.77. The number of nitrogens with one attached hydrogen (secondary N) is 1. The molecule has 0 fully saturated rings. The maximum absolute atomic E-state index is 13.8. The van der Waals surface area contributed by atoms with Gasteiger partial charge in [0.2, 0.25) is 0 Å². The average Bonchev–Trinajstić information content (AvgIpc) is 3.31. The normalized spacial score (nSPS) is 10.7. The fraction of sp³-hybridized carbons (Fsp3) is 0.179. The molecule has 3 aromatic carbocycles. The lowest BCUT2D eigenvalue weighted by molar-refractivity contribution is 0.0518. The van der Waals surface area contributed by atoms with Crippen LogP contribution in [0.4, 0.5) is 4.39 Å². The highest BCUT2D eigenvalue weighted by atomic mass is 19.1. The topological polar surface area (TPSA) is 73.2 Å². The molecule has 4 rings (SSSR count). The number of rotatable bonds is 7. The summed E-state index contributed by atoms with van der Waals surface area (Å²) in [6.07, 6.45) is 0. The first kappa shape index (κ1) is 23.9. The molecule has 7 heteroatoms. The molecule has 1 aromatic heterocycles. The Morgan fingerprint density at radius 2 is 1.71 bits per heavy atom. The van der Waals surface area contributed by atoms with Crippen molar-refractivity contribution in [2.75, 3.05) is 6.61 Å². The predicted octanol–water partition coefficient (Wildman–Crippen LogP) is 5.40. The second kappa shape index (κ2) is 10.3. The van der Waals surface area contributed by atoms with Crippen molar-refractivity contribution in [2.45, 2.75) is 27.3 Å². The molecule has 0 spiro atoms. The number of amides is 1. The molecule has 1 amide bonds. The Labute approximate surface area is 203 Å². The number of hydrogen-bond acceptors (Lipinski definition) is 4. The molecule has 0 aliphatic rings. The van der Waals surface area contributed by atoms with Gasteiger partial charge in [-0.05, 0) is 74.4 Å². The van der Waals surface area contributed by atoms with E-state index in [4.69, 9.17) is 4.74 Å². The Bertz CT molecular complexity index is 1380. The van der Waals surface area contributed by atoms with Crippen molar-refractivity contribution in [2.24, 2.45) is 0 Å². The molecule has 0 atom stereocenters. The lowest BCUT2D eigenvalue weighted by Gasteiger charge is -2.11. The Hall–Kier alpha value is -4.26. The zero-order valence-corrected chi connectivity index (χ0v) is 19.8. The SMILES string of the molecule is CCOC(=O)c1cc(-c2ccc(C)c(C)c2)n(-c2ccc(C(=O)NCc3ccccc3F)cc2)n1. The van der Waals surface area contributed by atoms with E-state index in [-0.39, 0.29) is 30.6 Å². The van der Waals surface area contributed by atoms with Gasteiger partial charge in [-0.25, -0.2) is 13.9 Å². The molecule has 4 aromatic rings. The standard InChI is InChI=1S/C28H26FN3O3/c1-4-35-28(34)25-16-26(21-10-9-18(2)19(3)15-21)32(31-25)23-13-11-20(12-14-23)27(33)30-17-22-7-5-6-8-24(22)29/h5-16H,4,17H2,1-3H3,(H,30,33). The fourth-order valence-corrected chi connectivity index (χ4v) is 3.66. The van der Waals surface area contributed by atoms with Crippen LogP contribution in [-0.4, -0.2) is 28.3 Å². The summed E-state index contributed by atoms with van der Waals surface area (Å²) in [5, 5.41) is 7.22. The first-order valence-corrected chi connectivity index (χ1v) is 11.3. The van der Waals surface area contributed by atoms with Crippen LogP contribution in [0.1, 0.15) is 44.5 Å². The van der Waals surface area contributed by atoms with Crippen LogP contribution >= 0.6 is 0 Å². The van der Waals surface area contributed by atoms with Crippen LogP contribution in [0.5, 0.6) is 0 Å². The third kappa shape index (κ3) is 5.30. The first-order chi connectivity index (χ1) is 16.9. The number of aromatic nitrogens is 2. The molecule has 0 saturated carbocycles. The Kier molecular flexibility index (Phi) is 7.06. The van der Waals surface area contributed by atoms with Crippen LogP contribution in [0, 0.1) is 19.7 Å². The summed E-state index contributed by atoms with van der Waals surface area (Å²) in [7, 11) is 0. The number of nitrogens with zero attached hydrogens (tertiary/aromatic N) is 2. The Morgan fingerprint density at radius 3 is 2.40 bits per heavy atom. The summed E-state index contributed by atoms with van der Waals surface area (Å²) in [6, 6.07) is 20.9. The van der Waals surface area contributed by atoms with E-state index in [0.29, 0.717) is 16.8 Å². The molecule has 0 unspecified atom stereocenters. The molecule has 6 nitrogen and oxygen atoms in total. The minimum absolute atomic E-state index is 0.0895. The van der Waals surface area contributed by atoms with Gasteiger partial charge in [-0.2, -0.15) is 5.10 Å². The van der Waals surface area contributed by atoms with Gasteiger partial charge in [0.1, 0.15) is 5.82 Å². The Balaban J connectivity index is 1.62. The largest absolute Gasteiger partial charge is 0.461 e. The van der Waals surface area contributed by atoms with Gasteiger partial charge in [-0.15, -0.1) is 0 Å². The first-order valence-electron chi connectivity index (χ1n) is 11.3. The highest BCUT2D eigenvalue weighted by Gasteiger charge is 2.18. The summed E-state index contributed by atoms with van der Waals surface area (Å²) in [6.45, 7) is 6.15. The molecule has 0 bridgehead atoms. The fourth-order valence-electron chi connectivity index (χ4n) is 3.66. The number of carbonyl (C=O) groups excluding carboxylic acids is 2. The van der Waals surface area contributed by atoms with Gasteiger partial charge in [0, 0.05) is 23.2 Å². The number of halogens is 1. The molecule has 0 saturated heterocycles. The van der Waals surface area contributed by atoms with Gasteiger partial charge in [0.05, 0.1) is 18.0 Å². The van der Waals surface area contributed by atoms with E-state index in [1.165, 1.54) is 6.07 Å². The highest BCUT2D eigenvalue weighted by Crippen LogP contribution is 2.26. The van der Waals surface area contributed by atoms with E-state index in [0.717, 1.165) is 22.4 Å². The van der Waals surface area contributed by atoms with E-state index >= 15 is 0 Å². The van der Waals surface area contributed by atoms with E-state index in [2.05, 4.69) is 10.4 Å². The molecular formula is C28H26FN3O3. The molecule has 0 aliphatic carbocycles. The summed E-state index contributed by atoms with van der Waals surface area (Å²) in [5.74, 6) is -1.18. The van der Waals surface area contributed by atoms with Crippen molar-refractivity contribution < 1.29 is 18.7 Å². The summed E-state index contributed by atoms with van der Waals surface area (Å²) >= 11 is 0. The van der Waals surface area contributed by atoms with Gasteiger partial charge in [0.25, 0.3) is 5.91 Å². The molecule has 0 radical (unpaired) electrons. The maximum atomic E-state index is 13.8. The molecule has 1 N–H and O–H groups in total. The van der Waals surface area contributed by atoms with Crippen LogP contribution in [0.15, 0.2) is 72.8 Å². The molecule has 0 aliphatic heterocycles. The number of benzene rings is 3. The van der Waals surface area contributed by atoms with Crippen molar-refractivity contribution in [3.05, 3.63) is 107 Å². The quantitative estimate of drug-likeness (QED) is 0.366. The van der Waals surface area contributed by atoms with Crippen LogP contribution in [-0.2, 0) is 11.3 Å². The van der Waals surface area contributed by atoms with E-state index in [9.17, 15) is 14.0 Å². The number of aryl methyl sites for hydroxylation is 2. The lowest BCUT2D eigenvalue weighted by Crippen LogP contribution is -2.23. The number of hydrogen-bond donors (Lipinski definition) is 1. The zero-order chi connectivity index (χ0) is 24.9. The number of carbonyl (C=O) groups is 2. The van der Waals surface area contributed by atoms with Crippen LogP contribution in [0.3, 0.4) is 0 Å². The van der Waals surface area contributed by atoms with Crippen molar-refractivity contribution in [1.82, 2.24) is 15.1 Å². The molecule has 178 valence electrons. The minimum atomic E-state index is -0.500. The maximum Gasteiger partial charge on any atom is 0.358 e. The third-order valence-corrected chi connectivity index (χ3v) is 5.77. The van der Waals surface area contributed by atoms with Crippen molar-refractivity contribution in [3.63, 3.8) is 0 Å². The van der Waals surface area contributed by atoms with Crippen LogP contribution < -0.4 is 5.32 Å². The summed E-state index contributed by atoms with van der Waals surface area (Å²) < 4.78 is 20.6. The second-order valence-corrected chi connectivity index (χ2v) is 8.17. The van der Waals surface area contributed by atoms with Gasteiger partial charge in [0.15, 0.2) is 5.69 Å². The zero-order valence-electron chi connectivity index (χ0n) is 19.8. The van der Waals surface area contributed by atoms with Gasteiger partial charge in [-0.1, -0.05) is 30.3 Å². The lowest BCUT2D eigenvalue weighted by atomic mass is 10.0. The van der Waals surface area contributed by atoms with Crippen molar-refractivity contribution in [1.29, 1.82) is 0 Å². The van der Waals surface area contributed by atoms with Gasteiger partial charge < -0.3 is 10.1 Å². The molecule has 1 heterocycles. The predicted molar refractivity (Wildman–Crippen MR) is 132 cm³/mol. The van der Waals surface area contributed by atoms with Crippen LogP contribution in [0.25, 0.3) is 16.9 Å². The summed E-state index contributed by atoms with van der Waals surface area (Å²) in [4.78, 5) is 25.0. The average molecular weight is 472 g/mol. The number of ether oxygens (including phenoxy) is 1. The van der Waals surface area contributed by atoms with Crippen molar-refractivity contribution in [3.8, 4) is 16.9 Å². The minimum Gasteiger partial charge on any atom is -0.461 e. The van der Waals surface area contributed by atoms with Crippen molar-refractivity contribution >= 4 is 11.9 Å². The molecular weight excluding hydrogens is 445 g/mol. The number of esters is 1. The molecule has 35 heavy (non-hydrogen) atoms. The van der Waals surface area contributed by atoms with Crippen LogP contribution in [0.2, 0.25) is 0 Å². The Morgan fingerprint density at radius 1 is 0.971 bits per heavy atom. The van der Waals surface area contributed by atoms with E-state index < -0.39 is 5.97 Å². The van der Waals surface area contributed by atoms with Gasteiger partial charge >= 0.3 is 5.97 Å². The second-order valence-electron chi connectivity index (χ2n) is 8.17. The highest BCUT2D eigenvalue weighted by molar-refractivity contribution is 5.94. The smallest absolute Gasteiger partial charge is 0.358 e.